The summed E-state index contributed by atoms with van der Waals surface area (Å²) in [4.78, 5) is 13.0. The van der Waals surface area contributed by atoms with Crippen LogP contribution in [0, 0.1) is 13.8 Å². The monoisotopic (exact) mass is 412 g/mol. The summed E-state index contributed by atoms with van der Waals surface area (Å²) < 4.78 is 24.3. The lowest BCUT2D eigenvalue weighted by Gasteiger charge is -2.13. The molecule has 3 N–H and O–H groups in total. The fraction of sp³-hybridized carbons (Fsp3) is 0.238. The number of carbonyl (C=O) groups excluding carboxylic acids is 1. The average Bonchev–Trinajstić information content (AvgIpc) is 3.06. The van der Waals surface area contributed by atoms with Crippen LogP contribution in [0.3, 0.4) is 0 Å². The van der Waals surface area contributed by atoms with E-state index in [1.165, 1.54) is 0 Å². The highest BCUT2D eigenvalue weighted by atomic mass is 32.2. The van der Waals surface area contributed by atoms with Crippen molar-refractivity contribution < 1.29 is 13.2 Å². The second kappa shape index (κ2) is 8.18. The number of nitrogens with one attached hydrogen (secondary N) is 1. The van der Waals surface area contributed by atoms with Crippen molar-refractivity contribution in [3.05, 3.63) is 71.4 Å². The molecular weight excluding hydrogens is 388 g/mol. The highest BCUT2D eigenvalue weighted by Gasteiger charge is 2.22. The van der Waals surface area contributed by atoms with Crippen LogP contribution in [0.15, 0.2) is 54.7 Å². The predicted octanol–water partition coefficient (Wildman–Crippen LogP) is 2.56. The van der Waals surface area contributed by atoms with Crippen LogP contribution < -0.4 is 10.5 Å². The van der Waals surface area contributed by atoms with Gasteiger partial charge in [0.2, 0.25) is 10.0 Å². The van der Waals surface area contributed by atoms with Gasteiger partial charge in [0.25, 0.3) is 5.91 Å². The van der Waals surface area contributed by atoms with E-state index in [4.69, 9.17) is 5.14 Å². The summed E-state index contributed by atoms with van der Waals surface area (Å²) in [5, 5.41) is 12.5. The van der Waals surface area contributed by atoms with Crippen molar-refractivity contribution in [3.63, 3.8) is 0 Å². The Bertz CT molecular complexity index is 1140. The second-order valence-corrected chi connectivity index (χ2v) is 8.85. The van der Waals surface area contributed by atoms with Crippen molar-refractivity contribution >= 4 is 15.9 Å². The van der Waals surface area contributed by atoms with Gasteiger partial charge in [-0.3, -0.25) is 4.79 Å². The summed E-state index contributed by atoms with van der Waals surface area (Å²) in [6, 6.07) is 14.8. The average molecular weight is 413 g/mol. The molecule has 0 aliphatic rings. The number of carbonyl (C=O) groups is 1. The molecule has 0 bridgehead atoms. The number of primary sulfonamides is 1. The van der Waals surface area contributed by atoms with E-state index in [1.807, 2.05) is 62.4 Å². The number of rotatable bonds is 6. The molecule has 0 radical (unpaired) electrons. The van der Waals surface area contributed by atoms with Gasteiger partial charge in [-0.25, -0.2) is 18.2 Å². The van der Waals surface area contributed by atoms with Crippen molar-refractivity contribution in [1.82, 2.24) is 15.1 Å². The number of sulfonamides is 1. The first-order valence-electron chi connectivity index (χ1n) is 9.18. The molecule has 3 aromatic rings. The highest BCUT2D eigenvalue weighted by molar-refractivity contribution is 7.89. The van der Waals surface area contributed by atoms with Gasteiger partial charge in [0, 0.05) is 17.8 Å². The van der Waals surface area contributed by atoms with Crippen molar-refractivity contribution in [2.45, 2.75) is 26.8 Å². The summed E-state index contributed by atoms with van der Waals surface area (Å²) in [5.74, 6) is -0.747. The molecule has 152 valence electrons. The van der Waals surface area contributed by atoms with Gasteiger partial charge in [-0.2, -0.15) is 5.10 Å². The molecule has 0 aliphatic carbocycles. The van der Waals surface area contributed by atoms with Crippen LogP contribution in [0.25, 0.3) is 16.9 Å². The topological polar surface area (TPSA) is 107 Å². The van der Waals surface area contributed by atoms with Crippen LogP contribution in [0.4, 0.5) is 0 Å². The number of hydrogen-bond donors (Lipinski definition) is 2. The second-order valence-electron chi connectivity index (χ2n) is 7.19. The number of nitrogens with two attached hydrogens (primary N) is 1. The van der Waals surface area contributed by atoms with Crippen LogP contribution in [0.1, 0.15) is 28.4 Å². The highest BCUT2D eigenvalue weighted by Crippen LogP contribution is 2.27. The molecule has 0 saturated heterocycles. The number of para-hydroxylation sites is 1. The van der Waals surface area contributed by atoms with E-state index >= 15 is 0 Å². The number of hydrogen-bond acceptors (Lipinski definition) is 4. The maximum absolute atomic E-state index is 13.0. The maximum Gasteiger partial charge on any atom is 0.255 e. The van der Waals surface area contributed by atoms with Crippen LogP contribution in [0.2, 0.25) is 0 Å². The molecule has 1 amide bonds. The third kappa shape index (κ3) is 5.10. The number of aryl methyl sites for hydroxylation is 2. The predicted molar refractivity (Wildman–Crippen MR) is 113 cm³/mol. The molecule has 0 fully saturated rings. The minimum atomic E-state index is -3.70. The van der Waals surface area contributed by atoms with Crippen molar-refractivity contribution in [2.24, 2.45) is 5.14 Å². The molecule has 8 heteroatoms. The number of benzene rings is 2. The normalized spacial score (nSPS) is 12.6. The molecule has 3 rings (SSSR count). The zero-order chi connectivity index (χ0) is 21.2. The van der Waals surface area contributed by atoms with E-state index in [0.29, 0.717) is 11.3 Å². The van der Waals surface area contributed by atoms with E-state index in [9.17, 15) is 13.2 Å². The fourth-order valence-corrected chi connectivity index (χ4v) is 4.00. The Hall–Kier alpha value is -2.97. The lowest BCUT2D eigenvalue weighted by atomic mass is 10.0. The minimum Gasteiger partial charge on any atom is -0.348 e. The van der Waals surface area contributed by atoms with Crippen LogP contribution in [0.5, 0.6) is 0 Å². The van der Waals surface area contributed by atoms with E-state index in [2.05, 4.69) is 10.4 Å². The van der Waals surface area contributed by atoms with E-state index in [-0.39, 0.29) is 5.75 Å². The number of aromatic nitrogens is 2. The zero-order valence-corrected chi connectivity index (χ0v) is 17.4. The Kier molecular flexibility index (Phi) is 5.86. The molecule has 0 spiro atoms. The molecule has 1 aromatic heterocycles. The van der Waals surface area contributed by atoms with Gasteiger partial charge >= 0.3 is 0 Å². The molecule has 0 aliphatic heterocycles. The quantitative estimate of drug-likeness (QED) is 0.649. The van der Waals surface area contributed by atoms with Gasteiger partial charge in [-0.1, -0.05) is 42.0 Å². The largest absolute Gasteiger partial charge is 0.348 e. The Morgan fingerprint density at radius 3 is 2.48 bits per heavy atom. The summed E-state index contributed by atoms with van der Waals surface area (Å²) in [6.07, 6.45) is 1.66. The minimum absolute atomic E-state index is 0.343. The smallest absolute Gasteiger partial charge is 0.255 e. The van der Waals surface area contributed by atoms with E-state index in [0.717, 1.165) is 22.4 Å². The molecule has 1 heterocycles. The zero-order valence-electron chi connectivity index (χ0n) is 16.6. The van der Waals surface area contributed by atoms with Gasteiger partial charge in [0.05, 0.1) is 17.0 Å². The molecule has 0 unspecified atom stereocenters. The Morgan fingerprint density at radius 2 is 1.86 bits per heavy atom. The fourth-order valence-electron chi connectivity index (χ4n) is 3.22. The summed E-state index contributed by atoms with van der Waals surface area (Å²) >= 11 is 0. The Labute approximate surface area is 170 Å². The van der Waals surface area contributed by atoms with Crippen LogP contribution in [-0.2, 0) is 10.0 Å². The van der Waals surface area contributed by atoms with Crippen LogP contribution >= 0.6 is 0 Å². The molecule has 29 heavy (non-hydrogen) atoms. The molecule has 1 atom stereocenters. The molecule has 7 nitrogen and oxygen atoms in total. The van der Waals surface area contributed by atoms with Crippen molar-refractivity contribution in [2.75, 3.05) is 5.75 Å². The van der Waals surface area contributed by atoms with Crippen molar-refractivity contribution in [3.8, 4) is 16.9 Å². The number of nitrogens with zero attached hydrogens (tertiary/aromatic N) is 2. The third-order valence-electron chi connectivity index (χ3n) is 4.48. The first-order chi connectivity index (χ1) is 13.6. The van der Waals surface area contributed by atoms with E-state index < -0.39 is 22.0 Å². The summed E-state index contributed by atoms with van der Waals surface area (Å²) in [5.41, 5.74) is 4.66. The standard InChI is InChI=1S/C21H24N4O3S/c1-14-9-10-18(15(2)11-14)20-19(21(26)23-16(3)13-29(22,27)28)12-25(24-20)17-7-5-4-6-8-17/h4-12,16H,13H2,1-3H3,(H,23,26)(H2,22,27,28)/t16-/m1/s1. The Morgan fingerprint density at radius 1 is 1.17 bits per heavy atom. The van der Waals surface area contributed by atoms with Gasteiger partial charge in [0.15, 0.2) is 0 Å². The van der Waals surface area contributed by atoms with E-state index in [1.54, 1.807) is 17.8 Å². The lowest BCUT2D eigenvalue weighted by molar-refractivity contribution is 0.0944. The van der Waals surface area contributed by atoms with Gasteiger partial charge in [-0.15, -0.1) is 0 Å². The van der Waals surface area contributed by atoms with Gasteiger partial charge < -0.3 is 5.32 Å². The van der Waals surface area contributed by atoms with Gasteiger partial charge in [0.1, 0.15) is 5.69 Å². The van der Waals surface area contributed by atoms with Crippen molar-refractivity contribution in [1.29, 1.82) is 0 Å². The summed E-state index contributed by atoms with van der Waals surface area (Å²) in [7, 11) is -3.70. The molecular formula is C21H24N4O3S. The van der Waals surface area contributed by atoms with Gasteiger partial charge in [-0.05, 0) is 38.5 Å². The molecule has 0 saturated carbocycles. The lowest BCUT2D eigenvalue weighted by Crippen LogP contribution is -2.39. The Balaban J connectivity index is 2.04. The number of amides is 1. The third-order valence-corrected chi connectivity index (χ3v) is 5.44. The SMILES string of the molecule is Cc1ccc(-c2nn(-c3ccccc3)cc2C(=O)N[C@H](C)CS(N)(=O)=O)c(C)c1. The summed E-state index contributed by atoms with van der Waals surface area (Å²) in [6.45, 7) is 5.57. The van der Waals surface area contributed by atoms with Crippen LogP contribution in [-0.4, -0.2) is 35.9 Å². The first-order valence-corrected chi connectivity index (χ1v) is 10.9. The molecule has 2 aromatic carbocycles. The maximum atomic E-state index is 13.0. The first kappa shape index (κ1) is 20.8.